The van der Waals surface area contributed by atoms with Gasteiger partial charge in [-0.15, -0.1) is 0 Å². The minimum atomic E-state index is -1.60. The molecule has 0 aliphatic rings. The van der Waals surface area contributed by atoms with Crippen molar-refractivity contribution >= 4 is 23.5 Å². The lowest BCUT2D eigenvalue weighted by molar-refractivity contribution is 0.459. The molecular formula is C11H10F4N6. The summed E-state index contributed by atoms with van der Waals surface area (Å²) in [5.41, 5.74) is 4.37. The second-order valence-corrected chi connectivity index (χ2v) is 4.18. The van der Waals surface area contributed by atoms with Crippen molar-refractivity contribution in [2.75, 3.05) is 30.0 Å². The van der Waals surface area contributed by atoms with E-state index in [0.717, 1.165) is 0 Å². The van der Waals surface area contributed by atoms with Crippen molar-refractivity contribution in [1.29, 1.82) is 0 Å². The number of hydrogen-bond acceptors (Lipinski definition) is 6. The maximum absolute atomic E-state index is 13.5. The van der Waals surface area contributed by atoms with E-state index in [1.807, 2.05) is 0 Å². The number of nitrogens with zero attached hydrogens (tertiary/aromatic N) is 4. The van der Waals surface area contributed by atoms with Gasteiger partial charge in [0.2, 0.25) is 17.8 Å². The Morgan fingerprint density at radius 1 is 1.00 bits per heavy atom. The van der Waals surface area contributed by atoms with E-state index in [4.69, 9.17) is 5.73 Å². The first-order valence-electron chi connectivity index (χ1n) is 5.58. The Balaban J connectivity index is 2.48. The van der Waals surface area contributed by atoms with E-state index < -0.39 is 29.0 Å². The quantitative estimate of drug-likeness (QED) is 0.665. The largest absolute Gasteiger partial charge is 0.368 e. The van der Waals surface area contributed by atoms with Crippen molar-refractivity contribution in [3.63, 3.8) is 0 Å². The van der Waals surface area contributed by atoms with Crippen LogP contribution in [0.4, 0.5) is 41.1 Å². The summed E-state index contributed by atoms with van der Waals surface area (Å²) in [6, 6.07) is 0.100. The molecule has 0 saturated heterocycles. The van der Waals surface area contributed by atoms with Crippen molar-refractivity contribution in [2.24, 2.45) is 0 Å². The van der Waals surface area contributed by atoms with Gasteiger partial charge in [-0.1, -0.05) is 0 Å². The number of benzene rings is 1. The Kier molecular flexibility index (Phi) is 3.78. The molecule has 0 saturated carbocycles. The van der Waals surface area contributed by atoms with Gasteiger partial charge in [0.1, 0.15) is 5.69 Å². The van der Waals surface area contributed by atoms with Crippen LogP contribution in [-0.2, 0) is 0 Å². The van der Waals surface area contributed by atoms with Gasteiger partial charge in [-0.2, -0.15) is 15.0 Å². The molecule has 0 atom stereocenters. The van der Waals surface area contributed by atoms with Crippen molar-refractivity contribution in [2.45, 2.75) is 0 Å². The minimum absolute atomic E-state index is 0.0997. The third kappa shape index (κ3) is 2.93. The molecule has 6 nitrogen and oxygen atoms in total. The molecule has 0 amide bonds. The summed E-state index contributed by atoms with van der Waals surface area (Å²) >= 11 is 0. The summed E-state index contributed by atoms with van der Waals surface area (Å²) in [6.07, 6.45) is 0. The van der Waals surface area contributed by atoms with E-state index in [1.54, 1.807) is 14.1 Å². The number of hydrogen-bond donors (Lipinski definition) is 2. The number of nitrogens with one attached hydrogen (secondary N) is 1. The molecule has 2 rings (SSSR count). The van der Waals surface area contributed by atoms with Crippen LogP contribution in [0.5, 0.6) is 0 Å². The van der Waals surface area contributed by atoms with Gasteiger partial charge in [-0.3, -0.25) is 0 Å². The highest BCUT2D eigenvalue weighted by atomic mass is 19.2. The SMILES string of the molecule is CN(C)c1nc(N)nc(Nc2c(F)c(F)cc(F)c2F)n1. The molecule has 0 radical (unpaired) electrons. The first-order chi connectivity index (χ1) is 9.79. The van der Waals surface area contributed by atoms with E-state index in [2.05, 4.69) is 20.3 Å². The van der Waals surface area contributed by atoms with Gasteiger partial charge in [-0.25, -0.2) is 17.6 Å². The van der Waals surface area contributed by atoms with Gasteiger partial charge in [0.25, 0.3) is 0 Å². The third-order valence-electron chi connectivity index (χ3n) is 2.39. The summed E-state index contributed by atoms with van der Waals surface area (Å²) in [4.78, 5) is 12.6. The third-order valence-corrected chi connectivity index (χ3v) is 2.39. The number of aromatic nitrogens is 3. The van der Waals surface area contributed by atoms with E-state index in [1.165, 1.54) is 4.90 Å². The lowest BCUT2D eigenvalue weighted by atomic mass is 10.2. The summed E-state index contributed by atoms with van der Waals surface area (Å²) in [7, 11) is 3.20. The average molecular weight is 302 g/mol. The summed E-state index contributed by atoms with van der Waals surface area (Å²) in [5, 5.41) is 2.06. The first-order valence-corrected chi connectivity index (χ1v) is 5.58. The van der Waals surface area contributed by atoms with Crippen LogP contribution >= 0.6 is 0 Å². The van der Waals surface area contributed by atoms with Gasteiger partial charge in [0, 0.05) is 20.2 Å². The molecule has 2 aromatic rings. The summed E-state index contributed by atoms with van der Waals surface area (Å²) in [5.74, 6) is -6.78. The van der Waals surface area contributed by atoms with Crippen LogP contribution in [0.2, 0.25) is 0 Å². The molecule has 1 aromatic carbocycles. The molecule has 21 heavy (non-hydrogen) atoms. The predicted molar refractivity (Wildman–Crippen MR) is 68.1 cm³/mol. The van der Waals surface area contributed by atoms with Gasteiger partial charge < -0.3 is 16.0 Å². The van der Waals surface area contributed by atoms with Gasteiger partial charge in [0.15, 0.2) is 23.3 Å². The Hall–Kier alpha value is -2.65. The Labute approximate surface area is 116 Å². The van der Waals surface area contributed by atoms with E-state index in [0.29, 0.717) is 0 Å². The first kappa shape index (κ1) is 14.8. The Morgan fingerprint density at radius 2 is 1.57 bits per heavy atom. The fourth-order valence-electron chi connectivity index (χ4n) is 1.43. The fourth-order valence-corrected chi connectivity index (χ4v) is 1.43. The number of nitrogens with two attached hydrogens (primary N) is 1. The van der Waals surface area contributed by atoms with Gasteiger partial charge in [-0.05, 0) is 0 Å². The van der Waals surface area contributed by atoms with Gasteiger partial charge >= 0.3 is 0 Å². The summed E-state index contributed by atoms with van der Waals surface area (Å²) < 4.78 is 53.3. The Morgan fingerprint density at radius 3 is 2.10 bits per heavy atom. The molecule has 1 heterocycles. The molecule has 0 aliphatic carbocycles. The topological polar surface area (TPSA) is 80.0 Å². The van der Waals surface area contributed by atoms with E-state index >= 15 is 0 Å². The number of nitrogen functional groups attached to an aromatic ring is 1. The van der Waals surface area contributed by atoms with Crippen LogP contribution in [0.3, 0.4) is 0 Å². The standard InChI is InChI=1S/C11H10F4N6/c1-21(2)11-19-9(16)18-10(20-11)17-8-6(14)4(12)3-5(13)7(8)15/h3H,1-2H3,(H3,16,17,18,19,20). The second kappa shape index (κ2) is 5.38. The maximum Gasteiger partial charge on any atom is 0.233 e. The molecule has 3 N–H and O–H groups in total. The fraction of sp³-hybridized carbons (Fsp3) is 0.182. The number of anilines is 4. The zero-order valence-electron chi connectivity index (χ0n) is 11.0. The van der Waals surface area contributed by atoms with E-state index in [-0.39, 0.29) is 23.9 Å². The monoisotopic (exact) mass is 302 g/mol. The molecule has 10 heteroatoms. The molecular weight excluding hydrogens is 292 g/mol. The summed E-state index contributed by atoms with van der Waals surface area (Å²) in [6.45, 7) is 0. The zero-order valence-corrected chi connectivity index (χ0v) is 11.0. The minimum Gasteiger partial charge on any atom is -0.368 e. The van der Waals surface area contributed by atoms with Crippen molar-refractivity contribution in [3.05, 3.63) is 29.3 Å². The zero-order chi connectivity index (χ0) is 15.7. The highest BCUT2D eigenvalue weighted by Crippen LogP contribution is 2.26. The smallest absolute Gasteiger partial charge is 0.233 e. The Bertz CT molecular complexity index is 665. The number of rotatable bonds is 3. The van der Waals surface area contributed by atoms with Gasteiger partial charge in [0.05, 0.1) is 0 Å². The van der Waals surface area contributed by atoms with Crippen LogP contribution in [0.15, 0.2) is 6.07 Å². The van der Waals surface area contributed by atoms with Crippen molar-refractivity contribution in [3.8, 4) is 0 Å². The maximum atomic E-state index is 13.5. The van der Waals surface area contributed by atoms with Crippen molar-refractivity contribution < 1.29 is 17.6 Å². The van der Waals surface area contributed by atoms with Crippen LogP contribution in [-0.4, -0.2) is 29.0 Å². The van der Waals surface area contributed by atoms with Crippen molar-refractivity contribution in [1.82, 2.24) is 15.0 Å². The van der Waals surface area contributed by atoms with Crippen LogP contribution in [0.1, 0.15) is 0 Å². The molecule has 1 aromatic heterocycles. The molecule has 0 fully saturated rings. The van der Waals surface area contributed by atoms with Crippen LogP contribution in [0, 0.1) is 23.3 Å². The second-order valence-electron chi connectivity index (χ2n) is 4.18. The molecule has 0 bridgehead atoms. The van der Waals surface area contributed by atoms with E-state index in [9.17, 15) is 17.6 Å². The highest BCUT2D eigenvalue weighted by Gasteiger charge is 2.20. The lowest BCUT2D eigenvalue weighted by Gasteiger charge is -2.13. The molecule has 112 valence electrons. The predicted octanol–water partition coefficient (Wildman–Crippen LogP) is 1.82. The molecule has 0 unspecified atom stereocenters. The molecule has 0 spiro atoms. The highest BCUT2D eigenvalue weighted by molar-refractivity contribution is 5.57. The number of halogens is 4. The average Bonchev–Trinajstić information content (AvgIpc) is 2.41. The van der Waals surface area contributed by atoms with Crippen LogP contribution in [0.25, 0.3) is 0 Å². The lowest BCUT2D eigenvalue weighted by Crippen LogP contribution is -2.16. The van der Waals surface area contributed by atoms with Crippen LogP contribution < -0.4 is 16.0 Å². The molecule has 0 aliphatic heterocycles. The normalized spacial score (nSPS) is 10.6.